The fourth-order valence-electron chi connectivity index (χ4n) is 2.91. The summed E-state index contributed by atoms with van der Waals surface area (Å²) in [6.45, 7) is 0.322. The molecule has 0 aromatic carbocycles. The van der Waals surface area contributed by atoms with Crippen LogP contribution in [0, 0.1) is 0 Å². The lowest BCUT2D eigenvalue weighted by Gasteiger charge is -2.26. The van der Waals surface area contributed by atoms with E-state index in [0.717, 1.165) is 18.9 Å². The van der Waals surface area contributed by atoms with Crippen molar-refractivity contribution in [2.75, 3.05) is 11.9 Å². The Morgan fingerprint density at radius 3 is 2.64 bits per heavy atom. The standard InChI is InChI=1S/C17H24F3N3O2/c18-17(19,20)14-4-3-11-22-16(14)21-10-2-1-5-15(25)23-12-6-8-13(24)9-7-12/h3-4,11-13,24H,1-2,5-10H2,(H,21,22)(H,23,25). The average molecular weight is 359 g/mol. The Hall–Kier alpha value is -1.83. The first kappa shape index (κ1) is 19.5. The van der Waals surface area contributed by atoms with Crippen molar-refractivity contribution in [3.63, 3.8) is 0 Å². The highest BCUT2D eigenvalue weighted by atomic mass is 19.4. The van der Waals surface area contributed by atoms with Gasteiger partial charge < -0.3 is 15.7 Å². The molecule has 25 heavy (non-hydrogen) atoms. The summed E-state index contributed by atoms with van der Waals surface area (Å²) < 4.78 is 38.5. The number of carbonyl (C=O) groups is 1. The number of nitrogens with zero attached hydrogens (tertiary/aromatic N) is 1. The molecule has 1 fully saturated rings. The number of aromatic nitrogens is 1. The van der Waals surface area contributed by atoms with Gasteiger partial charge in [0.15, 0.2) is 0 Å². The third-order valence-electron chi connectivity index (χ3n) is 4.30. The van der Waals surface area contributed by atoms with Crippen LogP contribution in [0.3, 0.4) is 0 Å². The summed E-state index contributed by atoms with van der Waals surface area (Å²) in [7, 11) is 0. The summed E-state index contributed by atoms with van der Waals surface area (Å²) in [5, 5.41) is 15.1. The molecule has 1 aliphatic carbocycles. The highest BCUT2D eigenvalue weighted by Gasteiger charge is 2.33. The molecule has 1 heterocycles. The van der Waals surface area contributed by atoms with Gasteiger partial charge in [-0.15, -0.1) is 0 Å². The molecule has 2 rings (SSSR count). The van der Waals surface area contributed by atoms with Crippen LogP contribution in [0.5, 0.6) is 0 Å². The number of carbonyl (C=O) groups excluding carboxylic acids is 1. The first-order valence-electron chi connectivity index (χ1n) is 8.60. The molecule has 1 amide bonds. The Morgan fingerprint density at radius 2 is 1.96 bits per heavy atom. The fraction of sp³-hybridized carbons (Fsp3) is 0.647. The molecule has 1 aromatic rings. The number of aliphatic hydroxyl groups is 1. The normalized spacial score (nSPS) is 21.0. The van der Waals surface area contributed by atoms with E-state index < -0.39 is 11.7 Å². The molecule has 1 aliphatic rings. The van der Waals surface area contributed by atoms with Gasteiger partial charge in [-0.1, -0.05) is 0 Å². The van der Waals surface area contributed by atoms with Gasteiger partial charge in [0.1, 0.15) is 5.82 Å². The van der Waals surface area contributed by atoms with Crippen molar-refractivity contribution < 1.29 is 23.1 Å². The summed E-state index contributed by atoms with van der Waals surface area (Å²) in [5.74, 6) is -0.226. The van der Waals surface area contributed by atoms with Gasteiger partial charge in [0.2, 0.25) is 5.91 Å². The zero-order valence-corrected chi connectivity index (χ0v) is 14.0. The van der Waals surface area contributed by atoms with Crippen molar-refractivity contribution in [3.05, 3.63) is 23.9 Å². The van der Waals surface area contributed by atoms with E-state index in [1.807, 2.05) is 0 Å². The number of hydrogen-bond acceptors (Lipinski definition) is 4. The van der Waals surface area contributed by atoms with Gasteiger partial charge in [-0.05, 0) is 50.7 Å². The van der Waals surface area contributed by atoms with Crippen molar-refractivity contribution in [1.82, 2.24) is 10.3 Å². The van der Waals surface area contributed by atoms with Gasteiger partial charge in [-0.25, -0.2) is 4.98 Å². The van der Waals surface area contributed by atoms with Crippen LogP contribution in [0.25, 0.3) is 0 Å². The third kappa shape index (κ3) is 6.53. The number of amides is 1. The molecule has 0 saturated heterocycles. The van der Waals surface area contributed by atoms with Crippen LogP contribution in [0.2, 0.25) is 0 Å². The second kappa shape index (κ2) is 9.03. The van der Waals surface area contributed by atoms with Crippen molar-refractivity contribution in [2.45, 2.75) is 63.3 Å². The molecule has 1 saturated carbocycles. The maximum Gasteiger partial charge on any atom is 0.419 e. The van der Waals surface area contributed by atoms with Crippen LogP contribution in [0.15, 0.2) is 18.3 Å². The first-order valence-corrected chi connectivity index (χ1v) is 8.60. The lowest BCUT2D eigenvalue weighted by atomic mass is 9.93. The van der Waals surface area contributed by atoms with Crippen molar-refractivity contribution in [3.8, 4) is 0 Å². The van der Waals surface area contributed by atoms with Crippen LogP contribution >= 0.6 is 0 Å². The lowest BCUT2D eigenvalue weighted by molar-refractivity contribution is -0.137. The third-order valence-corrected chi connectivity index (χ3v) is 4.30. The van der Waals surface area contributed by atoms with Crippen LogP contribution < -0.4 is 10.6 Å². The molecule has 8 heteroatoms. The molecule has 5 nitrogen and oxygen atoms in total. The minimum atomic E-state index is -4.44. The van der Waals surface area contributed by atoms with Gasteiger partial charge in [-0.3, -0.25) is 4.79 Å². The number of hydrogen-bond donors (Lipinski definition) is 3. The Balaban J connectivity index is 1.64. The topological polar surface area (TPSA) is 74.2 Å². The Morgan fingerprint density at radius 1 is 1.24 bits per heavy atom. The molecule has 0 aliphatic heterocycles. The molecule has 0 bridgehead atoms. The van der Waals surface area contributed by atoms with Crippen LogP contribution in [0.1, 0.15) is 50.5 Å². The summed E-state index contributed by atoms with van der Waals surface area (Å²) >= 11 is 0. The number of halogens is 3. The van der Waals surface area contributed by atoms with Crippen LogP contribution in [0.4, 0.5) is 19.0 Å². The van der Waals surface area contributed by atoms with Gasteiger partial charge in [0.05, 0.1) is 11.7 Å². The van der Waals surface area contributed by atoms with E-state index >= 15 is 0 Å². The maximum absolute atomic E-state index is 12.8. The summed E-state index contributed by atoms with van der Waals surface area (Å²) in [6.07, 6.45) is 1.11. The number of unbranched alkanes of at least 4 members (excludes halogenated alkanes) is 1. The van der Waals surface area contributed by atoms with Gasteiger partial charge in [-0.2, -0.15) is 13.2 Å². The second-order valence-electron chi connectivity index (χ2n) is 6.35. The quantitative estimate of drug-likeness (QED) is 0.654. The van der Waals surface area contributed by atoms with Gasteiger partial charge >= 0.3 is 6.18 Å². The zero-order chi connectivity index (χ0) is 18.3. The molecule has 0 spiro atoms. The highest BCUT2D eigenvalue weighted by Crippen LogP contribution is 2.33. The smallest absolute Gasteiger partial charge is 0.393 e. The molecule has 0 radical (unpaired) electrons. The highest BCUT2D eigenvalue weighted by molar-refractivity contribution is 5.76. The number of rotatable bonds is 7. The molecule has 140 valence electrons. The molecule has 1 aromatic heterocycles. The fourth-order valence-corrected chi connectivity index (χ4v) is 2.91. The average Bonchev–Trinajstić information content (AvgIpc) is 2.56. The Labute approximate surface area is 145 Å². The van der Waals surface area contributed by atoms with E-state index in [1.54, 1.807) is 0 Å². The summed E-state index contributed by atoms with van der Waals surface area (Å²) in [6, 6.07) is 2.36. The van der Waals surface area contributed by atoms with Gasteiger partial charge in [0, 0.05) is 25.2 Å². The van der Waals surface area contributed by atoms with E-state index in [1.165, 1.54) is 12.3 Å². The monoisotopic (exact) mass is 359 g/mol. The number of nitrogens with one attached hydrogen (secondary N) is 2. The van der Waals surface area contributed by atoms with Crippen LogP contribution in [-0.2, 0) is 11.0 Å². The number of anilines is 1. The predicted molar refractivity (Wildman–Crippen MR) is 88.0 cm³/mol. The van der Waals surface area contributed by atoms with Crippen molar-refractivity contribution in [1.29, 1.82) is 0 Å². The van der Waals surface area contributed by atoms with Gasteiger partial charge in [0.25, 0.3) is 0 Å². The zero-order valence-electron chi connectivity index (χ0n) is 14.0. The SMILES string of the molecule is O=C(CCCCNc1ncccc1C(F)(F)F)NC1CCC(O)CC1. The Bertz CT molecular complexity index is 558. The molecule has 0 unspecified atom stereocenters. The van der Waals surface area contributed by atoms with E-state index in [9.17, 15) is 23.1 Å². The molecular formula is C17H24F3N3O2. The first-order chi connectivity index (χ1) is 11.9. The number of pyridine rings is 1. The lowest BCUT2D eigenvalue weighted by Crippen LogP contribution is -2.38. The number of alkyl halides is 3. The largest absolute Gasteiger partial charge is 0.419 e. The van der Waals surface area contributed by atoms with Crippen molar-refractivity contribution >= 4 is 11.7 Å². The molecule has 0 atom stereocenters. The van der Waals surface area contributed by atoms with Crippen LogP contribution in [-0.4, -0.2) is 34.7 Å². The van der Waals surface area contributed by atoms with E-state index in [4.69, 9.17) is 0 Å². The number of aliphatic hydroxyl groups excluding tert-OH is 1. The molecule has 3 N–H and O–H groups in total. The minimum absolute atomic E-state index is 0.0461. The molecular weight excluding hydrogens is 335 g/mol. The van der Waals surface area contributed by atoms with Crippen molar-refractivity contribution in [2.24, 2.45) is 0 Å². The van der Waals surface area contributed by atoms with E-state index in [0.29, 0.717) is 38.6 Å². The predicted octanol–water partition coefficient (Wildman–Crippen LogP) is 3.10. The van der Waals surface area contributed by atoms with E-state index in [-0.39, 0.29) is 23.9 Å². The summed E-state index contributed by atoms with van der Waals surface area (Å²) in [4.78, 5) is 15.6. The maximum atomic E-state index is 12.8. The summed E-state index contributed by atoms with van der Waals surface area (Å²) in [5.41, 5.74) is -0.785. The minimum Gasteiger partial charge on any atom is -0.393 e. The Kier molecular flexibility index (Phi) is 7.04. The second-order valence-corrected chi connectivity index (χ2v) is 6.35. The van der Waals surface area contributed by atoms with E-state index in [2.05, 4.69) is 15.6 Å².